The molecule has 0 saturated heterocycles. The first kappa shape index (κ1) is 12.3. The van der Waals surface area contributed by atoms with E-state index in [1.165, 1.54) is 0 Å². The van der Waals surface area contributed by atoms with Crippen LogP contribution < -0.4 is 22.5 Å². The zero-order valence-electron chi connectivity index (χ0n) is 8.66. The van der Waals surface area contributed by atoms with Gasteiger partial charge in [0.1, 0.15) is 0 Å². The molecular weight excluding hydrogens is 213 g/mol. The van der Waals surface area contributed by atoms with Gasteiger partial charge in [-0.15, -0.1) is 0 Å². The van der Waals surface area contributed by atoms with Crippen molar-refractivity contribution in [2.24, 2.45) is 17.2 Å². The first-order chi connectivity index (χ1) is 7.60. The number of nitrogens with one attached hydrogen (secondary N) is 1. The van der Waals surface area contributed by atoms with Crippen molar-refractivity contribution in [2.45, 2.75) is 6.54 Å². The summed E-state index contributed by atoms with van der Waals surface area (Å²) >= 11 is 0. The van der Waals surface area contributed by atoms with Gasteiger partial charge in [0.25, 0.3) is 5.91 Å². The van der Waals surface area contributed by atoms with Crippen molar-refractivity contribution in [1.82, 2.24) is 4.98 Å². The molecule has 0 spiro atoms. The quantitative estimate of drug-likeness (QED) is 0.522. The fourth-order valence-corrected chi connectivity index (χ4v) is 1.21. The number of hydrogen-bond donors (Lipinski definition) is 4. The highest BCUT2D eigenvalue weighted by Gasteiger charge is 2.14. The maximum Gasteiger partial charge on any atom is 0.250 e. The van der Waals surface area contributed by atoms with Gasteiger partial charge in [-0.05, 0) is 6.07 Å². The average molecular weight is 227 g/mol. The first-order valence-electron chi connectivity index (χ1n) is 4.73. The lowest BCUT2D eigenvalue weighted by Crippen LogP contribution is -2.20. The Kier molecular flexibility index (Phi) is 4.15. The minimum Gasteiger partial charge on any atom is -0.366 e. The van der Waals surface area contributed by atoms with Crippen LogP contribution in [0.15, 0.2) is 6.07 Å². The Balaban J connectivity index is 3.10. The van der Waals surface area contributed by atoms with Gasteiger partial charge in [-0.1, -0.05) is 0 Å². The van der Waals surface area contributed by atoms with Crippen LogP contribution in [0, 0.1) is 5.82 Å². The normalized spacial score (nSPS) is 10.2. The van der Waals surface area contributed by atoms with Gasteiger partial charge in [0.15, 0.2) is 11.6 Å². The number of anilines is 1. The molecule has 0 bridgehead atoms. The van der Waals surface area contributed by atoms with E-state index < -0.39 is 11.7 Å². The maximum absolute atomic E-state index is 13.4. The van der Waals surface area contributed by atoms with Crippen molar-refractivity contribution >= 4 is 11.7 Å². The molecule has 16 heavy (non-hydrogen) atoms. The number of rotatable bonds is 5. The van der Waals surface area contributed by atoms with Crippen molar-refractivity contribution in [3.63, 3.8) is 0 Å². The minimum absolute atomic E-state index is 0.00158. The standard InChI is InChI=1S/C9H14FN5O/c10-6-3-5(8(13)16)7(4-12)15-9(6)14-2-1-11/h3H,1-2,4,11-12H2,(H2,13,16)(H,14,15). The molecule has 1 heterocycles. The molecule has 7 N–H and O–H groups in total. The molecule has 1 aromatic heterocycles. The predicted molar refractivity (Wildman–Crippen MR) is 58.1 cm³/mol. The molecular formula is C9H14FN5O. The molecule has 0 aliphatic heterocycles. The number of halogens is 1. The Labute approximate surface area is 92.0 Å². The molecule has 6 nitrogen and oxygen atoms in total. The lowest BCUT2D eigenvalue weighted by atomic mass is 10.1. The van der Waals surface area contributed by atoms with E-state index >= 15 is 0 Å². The van der Waals surface area contributed by atoms with Crippen molar-refractivity contribution in [2.75, 3.05) is 18.4 Å². The molecule has 0 aliphatic carbocycles. The van der Waals surface area contributed by atoms with E-state index in [-0.39, 0.29) is 23.6 Å². The van der Waals surface area contributed by atoms with Gasteiger partial charge < -0.3 is 22.5 Å². The third-order valence-electron chi connectivity index (χ3n) is 1.95. The van der Waals surface area contributed by atoms with E-state index in [1.54, 1.807) is 0 Å². The van der Waals surface area contributed by atoms with Gasteiger partial charge >= 0.3 is 0 Å². The molecule has 1 amide bonds. The van der Waals surface area contributed by atoms with Gasteiger partial charge in [-0.3, -0.25) is 4.79 Å². The van der Waals surface area contributed by atoms with Crippen LogP contribution in [-0.4, -0.2) is 24.0 Å². The number of aromatic nitrogens is 1. The van der Waals surface area contributed by atoms with Crippen molar-refractivity contribution in [3.8, 4) is 0 Å². The molecule has 1 aromatic rings. The highest BCUT2D eigenvalue weighted by molar-refractivity contribution is 5.94. The molecule has 0 saturated carbocycles. The molecule has 0 aromatic carbocycles. The van der Waals surface area contributed by atoms with Crippen LogP contribution >= 0.6 is 0 Å². The lowest BCUT2D eigenvalue weighted by Gasteiger charge is -2.09. The Hall–Kier alpha value is -1.73. The Morgan fingerprint density at radius 3 is 2.69 bits per heavy atom. The largest absolute Gasteiger partial charge is 0.366 e. The van der Waals surface area contributed by atoms with Gasteiger partial charge in [-0.2, -0.15) is 0 Å². The summed E-state index contributed by atoms with van der Waals surface area (Å²) in [4.78, 5) is 14.9. The fraction of sp³-hybridized carbons (Fsp3) is 0.333. The topological polar surface area (TPSA) is 120 Å². The number of amides is 1. The number of carbonyl (C=O) groups is 1. The molecule has 7 heteroatoms. The van der Waals surface area contributed by atoms with Crippen molar-refractivity contribution < 1.29 is 9.18 Å². The van der Waals surface area contributed by atoms with E-state index in [1.807, 2.05) is 0 Å². The van der Waals surface area contributed by atoms with Crippen LogP contribution in [0.2, 0.25) is 0 Å². The highest BCUT2D eigenvalue weighted by atomic mass is 19.1. The third kappa shape index (κ3) is 2.65. The summed E-state index contributed by atoms with van der Waals surface area (Å²) in [7, 11) is 0. The first-order valence-corrected chi connectivity index (χ1v) is 4.73. The third-order valence-corrected chi connectivity index (χ3v) is 1.95. The minimum atomic E-state index is -0.753. The second-order valence-corrected chi connectivity index (χ2v) is 3.10. The average Bonchev–Trinajstić information content (AvgIpc) is 2.26. The number of pyridine rings is 1. The van der Waals surface area contributed by atoms with E-state index in [4.69, 9.17) is 17.2 Å². The van der Waals surface area contributed by atoms with E-state index in [9.17, 15) is 9.18 Å². The monoisotopic (exact) mass is 227 g/mol. The molecule has 0 radical (unpaired) electrons. The number of hydrogen-bond acceptors (Lipinski definition) is 5. The van der Waals surface area contributed by atoms with Crippen molar-refractivity contribution in [3.05, 3.63) is 23.1 Å². The van der Waals surface area contributed by atoms with Crippen LogP contribution in [0.25, 0.3) is 0 Å². The zero-order chi connectivity index (χ0) is 12.1. The summed E-state index contributed by atoms with van der Waals surface area (Å²) in [5.74, 6) is -1.38. The highest BCUT2D eigenvalue weighted by Crippen LogP contribution is 2.15. The summed E-state index contributed by atoms with van der Waals surface area (Å²) in [6, 6.07) is 1.02. The molecule has 0 atom stereocenters. The van der Waals surface area contributed by atoms with Crippen molar-refractivity contribution in [1.29, 1.82) is 0 Å². The Morgan fingerprint density at radius 2 is 2.19 bits per heavy atom. The molecule has 88 valence electrons. The smallest absolute Gasteiger partial charge is 0.250 e. The summed E-state index contributed by atoms with van der Waals surface area (Å²) in [5.41, 5.74) is 16.0. The number of carbonyl (C=O) groups excluding carboxylic acids is 1. The van der Waals surface area contributed by atoms with Crippen LogP contribution in [0.3, 0.4) is 0 Å². The SMILES string of the molecule is NCCNc1nc(CN)c(C(N)=O)cc1F. The summed E-state index contributed by atoms with van der Waals surface area (Å²) < 4.78 is 13.4. The molecule has 1 rings (SSSR count). The Morgan fingerprint density at radius 1 is 1.50 bits per heavy atom. The lowest BCUT2D eigenvalue weighted by molar-refractivity contribution is 0.0998. The van der Waals surface area contributed by atoms with E-state index in [2.05, 4.69) is 10.3 Å². The van der Waals surface area contributed by atoms with Gasteiger partial charge in [-0.25, -0.2) is 9.37 Å². The second-order valence-electron chi connectivity index (χ2n) is 3.10. The molecule has 0 unspecified atom stereocenters. The van der Waals surface area contributed by atoms with E-state index in [0.717, 1.165) is 6.07 Å². The summed E-state index contributed by atoms with van der Waals surface area (Å²) in [6.45, 7) is 0.732. The van der Waals surface area contributed by atoms with Crippen LogP contribution in [0.5, 0.6) is 0 Å². The van der Waals surface area contributed by atoms with Gasteiger partial charge in [0.05, 0.1) is 11.3 Å². The number of nitrogens with two attached hydrogens (primary N) is 3. The number of nitrogens with zero attached hydrogens (tertiary/aromatic N) is 1. The Bertz CT molecular complexity index is 396. The van der Waals surface area contributed by atoms with E-state index in [0.29, 0.717) is 13.1 Å². The maximum atomic E-state index is 13.4. The molecule has 0 fully saturated rings. The zero-order valence-corrected chi connectivity index (χ0v) is 8.66. The summed E-state index contributed by atoms with van der Waals surface area (Å²) in [6.07, 6.45) is 0. The van der Waals surface area contributed by atoms with Crippen LogP contribution in [0.1, 0.15) is 16.1 Å². The van der Waals surface area contributed by atoms with Gasteiger partial charge in [0.2, 0.25) is 0 Å². The summed E-state index contributed by atoms with van der Waals surface area (Å²) in [5, 5.41) is 2.68. The van der Waals surface area contributed by atoms with Gasteiger partial charge in [0, 0.05) is 19.6 Å². The van der Waals surface area contributed by atoms with Crippen LogP contribution in [-0.2, 0) is 6.54 Å². The second kappa shape index (κ2) is 5.38. The fourth-order valence-electron chi connectivity index (χ4n) is 1.21. The van der Waals surface area contributed by atoms with Crippen LogP contribution in [0.4, 0.5) is 10.2 Å². The number of primary amides is 1. The predicted octanol–water partition coefficient (Wildman–Crippen LogP) is -0.851. The molecule has 0 aliphatic rings.